The van der Waals surface area contributed by atoms with Crippen molar-refractivity contribution in [1.29, 1.82) is 0 Å². The van der Waals surface area contributed by atoms with Gasteiger partial charge < -0.3 is 21.1 Å². The van der Waals surface area contributed by atoms with Crippen molar-refractivity contribution in [3.63, 3.8) is 0 Å². The van der Waals surface area contributed by atoms with Crippen LogP contribution in [0.25, 0.3) is 0 Å². The Balaban J connectivity index is 2.06. The van der Waals surface area contributed by atoms with E-state index in [2.05, 4.69) is 5.32 Å². The molecule has 0 radical (unpaired) electrons. The number of carbonyl (C=O) groups is 2. The summed E-state index contributed by atoms with van der Waals surface area (Å²) >= 11 is 0. The Bertz CT molecular complexity index is 536. The van der Waals surface area contributed by atoms with E-state index in [9.17, 15) is 14.0 Å². The van der Waals surface area contributed by atoms with Crippen LogP contribution in [0.3, 0.4) is 0 Å². The Morgan fingerprint density at radius 2 is 2.20 bits per heavy atom. The molecule has 0 spiro atoms. The first-order chi connectivity index (χ1) is 9.47. The third kappa shape index (κ3) is 3.24. The van der Waals surface area contributed by atoms with Gasteiger partial charge in [-0.25, -0.2) is 14.0 Å². The lowest BCUT2D eigenvalue weighted by Crippen LogP contribution is -2.47. The number of benzene rings is 1. The molecule has 1 heterocycles. The molecule has 6 nitrogen and oxygen atoms in total. The molecule has 0 saturated carbocycles. The number of likely N-dealkylation sites (tertiary alicyclic amines) is 1. The van der Waals surface area contributed by atoms with Gasteiger partial charge in [0.15, 0.2) is 0 Å². The highest BCUT2D eigenvalue weighted by atomic mass is 19.1. The number of anilines is 1. The predicted octanol–water partition coefficient (Wildman–Crippen LogP) is 1.48. The fraction of sp³-hybridized carbons (Fsp3) is 0.385. The van der Waals surface area contributed by atoms with Gasteiger partial charge in [0.25, 0.3) is 0 Å². The predicted molar refractivity (Wildman–Crippen MR) is 71.2 cm³/mol. The number of carbonyl (C=O) groups excluding carboxylic acids is 1. The molecule has 1 fully saturated rings. The van der Waals surface area contributed by atoms with Crippen molar-refractivity contribution in [1.82, 2.24) is 4.90 Å². The number of hydrogen-bond acceptors (Lipinski definition) is 3. The number of piperidine rings is 1. The number of hydrogen-bond donors (Lipinski definition) is 3. The fourth-order valence-electron chi connectivity index (χ4n) is 2.14. The number of carboxylic acid groups (broad SMARTS) is 1. The standard InChI is InChI=1S/C13H16FN3O3/c14-10-6-8(12(18)19)3-4-11(10)16-13(20)17-5-1-2-9(15)7-17/h3-4,6,9H,1-2,5,7,15H2,(H,16,20)(H,18,19). The van der Waals surface area contributed by atoms with Gasteiger partial charge in [0, 0.05) is 19.1 Å². The highest BCUT2D eigenvalue weighted by Crippen LogP contribution is 2.17. The summed E-state index contributed by atoms with van der Waals surface area (Å²) in [6.07, 6.45) is 1.68. The van der Waals surface area contributed by atoms with E-state index in [1.807, 2.05) is 0 Å². The van der Waals surface area contributed by atoms with Crippen molar-refractivity contribution in [2.45, 2.75) is 18.9 Å². The molecule has 1 aliphatic heterocycles. The number of nitrogens with zero attached hydrogens (tertiary/aromatic N) is 1. The van der Waals surface area contributed by atoms with E-state index in [-0.39, 0.29) is 17.3 Å². The Labute approximate surface area is 115 Å². The first kappa shape index (κ1) is 14.3. The first-order valence-electron chi connectivity index (χ1n) is 6.31. The summed E-state index contributed by atoms with van der Waals surface area (Å²) in [5.41, 5.74) is 5.57. The number of halogens is 1. The van der Waals surface area contributed by atoms with Gasteiger partial charge in [-0.2, -0.15) is 0 Å². The molecule has 108 valence electrons. The number of rotatable bonds is 2. The van der Waals surface area contributed by atoms with E-state index in [1.165, 1.54) is 17.0 Å². The Morgan fingerprint density at radius 1 is 1.45 bits per heavy atom. The molecule has 1 aliphatic rings. The molecule has 1 saturated heterocycles. The van der Waals surface area contributed by atoms with E-state index < -0.39 is 17.8 Å². The third-order valence-electron chi connectivity index (χ3n) is 3.20. The van der Waals surface area contributed by atoms with Crippen LogP contribution in [0, 0.1) is 5.82 Å². The van der Waals surface area contributed by atoms with Crippen molar-refractivity contribution in [2.24, 2.45) is 5.73 Å². The lowest BCUT2D eigenvalue weighted by Gasteiger charge is -2.30. The minimum Gasteiger partial charge on any atom is -0.478 e. The largest absolute Gasteiger partial charge is 0.478 e. The quantitative estimate of drug-likeness (QED) is 0.765. The van der Waals surface area contributed by atoms with E-state index in [0.29, 0.717) is 13.1 Å². The maximum absolute atomic E-state index is 13.7. The van der Waals surface area contributed by atoms with E-state index in [1.54, 1.807) is 0 Å². The summed E-state index contributed by atoms with van der Waals surface area (Å²) in [4.78, 5) is 24.2. The molecule has 2 amide bonds. The van der Waals surface area contributed by atoms with Crippen LogP contribution < -0.4 is 11.1 Å². The number of amides is 2. The molecular weight excluding hydrogens is 265 g/mol. The van der Waals surface area contributed by atoms with Gasteiger partial charge in [-0.1, -0.05) is 0 Å². The number of urea groups is 1. The van der Waals surface area contributed by atoms with E-state index in [0.717, 1.165) is 18.9 Å². The second-order valence-corrected chi connectivity index (χ2v) is 4.78. The number of carboxylic acids is 1. The number of aromatic carboxylic acids is 1. The van der Waals surface area contributed by atoms with Crippen molar-refractivity contribution in [3.8, 4) is 0 Å². The highest BCUT2D eigenvalue weighted by Gasteiger charge is 2.22. The SMILES string of the molecule is NC1CCCN(C(=O)Nc2ccc(C(=O)O)cc2F)C1. The van der Waals surface area contributed by atoms with Gasteiger partial charge in [-0.3, -0.25) is 0 Å². The van der Waals surface area contributed by atoms with E-state index >= 15 is 0 Å². The van der Waals surface area contributed by atoms with Crippen LogP contribution in [0.15, 0.2) is 18.2 Å². The average Bonchev–Trinajstić information content (AvgIpc) is 2.40. The summed E-state index contributed by atoms with van der Waals surface area (Å²) in [6, 6.07) is 2.86. The summed E-state index contributed by atoms with van der Waals surface area (Å²) < 4.78 is 13.7. The molecule has 0 aliphatic carbocycles. The summed E-state index contributed by atoms with van der Waals surface area (Å²) in [6.45, 7) is 1.01. The van der Waals surface area contributed by atoms with E-state index in [4.69, 9.17) is 10.8 Å². The van der Waals surface area contributed by atoms with Crippen LogP contribution in [-0.2, 0) is 0 Å². The van der Waals surface area contributed by atoms with Crippen molar-refractivity contribution in [3.05, 3.63) is 29.6 Å². The van der Waals surface area contributed by atoms with Crippen molar-refractivity contribution < 1.29 is 19.1 Å². The van der Waals surface area contributed by atoms with Gasteiger partial charge in [0.1, 0.15) is 5.82 Å². The lowest BCUT2D eigenvalue weighted by molar-refractivity contribution is 0.0696. The minimum atomic E-state index is -1.22. The molecule has 2 rings (SSSR count). The molecular formula is C13H16FN3O3. The highest BCUT2D eigenvalue weighted by molar-refractivity contribution is 5.91. The Hall–Kier alpha value is -2.15. The van der Waals surface area contributed by atoms with Gasteiger partial charge in [-0.05, 0) is 31.0 Å². The van der Waals surface area contributed by atoms with Crippen molar-refractivity contribution in [2.75, 3.05) is 18.4 Å². The third-order valence-corrected chi connectivity index (χ3v) is 3.20. The van der Waals surface area contributed by atoms with Crippen LogP contribution in [0.2, 0.25) is 0 Å². The summed E-state index contributed by atoms with van der Waals surface area (Å²) in [7, 11) is 0. The number of nitrogens with two attached hydrogens (primary N) is 1. The van der Waals surface area contributed by atoms with Gasteiger partial charge in [0.2, 0.25) is 0 Å². The molecule has 0 aromatic heterocycles. The second-order valence-electron chi connectivity index (χ2n) is 4.78. The zero-order valence-corrected chi connectivity index (χ0v) is 10.8. The summed E-state index contributed by atoms with van der Waals surface area (Å²) in [5, 5.41) is 11.2. The summed E-state index contributed by atoms with van der Waals surface area (Å²) in [5.74, 6) is -2.00. The van der Waals surface area contributed by atoms with Gasteiger partial charge in [-0.15, -0.1) is 0 Å². The monoisotopic (exact) mass is 281 g/mol. The van der Waals surface area contributed by atoms with Crippen LogP contribution in [-0.4, -0.2) is 41.1 Å². The average molecular weight is 281 g/mol. The Morgan fingerprint density at radius 3 is 2.80 bits per heavy atom. The minimum absolute atomic E-state index is 0.0425. The fourth-order valence-corrected chi connectivity index (χ4v) is 2.14. The van der Waals surface area contributed by atoms with Crippen molar-refractivity contribution >= 4 is 17.7 Å². The van der Waals surface area contributed by atoms with Crippen LogP contribution in [0.4, 0.5) is 14.9 Å². The molecule has 1 atom stereocenters. The maximum Gasteiger partial charge on any atom is 0.335 e. The molecule has 7 heteroatoms. The smallest absolute Gasteiger partial charge is 0.335 e. The molecule has 1 unspecified atom stereocenters. The van der Waals surface area contributed by atoms with Gasteiger partial charge in [0.05, 0.1) is 11.3 Å². The zero-order chi connectivity index (χ0) is 14.7. The first-order valence-corrected chi connectivity index (χ1v) is 6.31. The lowest BCUT2D eigenvalue weighted by atomic mass is 10.1. The topological polar surface area (TPSA) is 95.7 Å². The molecule has 20 heavy (non-hydrogen) atoms. The maximum atomic E-state index is 13.7. The van der Waals surface area contributed by atoms with Gasteiger partial charge >= 0.3 is 12.0 Å². The normalized spacial score (nSPS) is 18.7. The van der Waals surface area contributed by atoms with Crippen LogP contribution in [0.5, 0.6) is 0 Å². The second kappa shape index (κ2) is 5.87. The molecule has 0 bridgehead atoms. The van der Waals surface area contributed by atoms with Crippen LogP contribution >= 0.6 is 0 Å². The molecule has 1 aromatic rings. The number of nitrogens with one attached hydrogen (secondary N) is 1. The van der Waals surface area contributed by atoms with Crippen LogP contribution in [0.1, 0.15) is 23.2 Å². The Kier molecular flexibility index (Phi) is 4.19. The molecule has 4 N–H and O–H groups in total. The molecule has 1 aromatic carbocycles. The zero-order valence-electron chi connectivity index (χ0n) is 10.8.